The zero-order valence-electron chi connectivity index (χ0n) is 11.5. The molecule has 0 aliphatic carbocycles. The standard InChI is InChI=1S/C15H23ClFN/c1-4-11(3)8-14(18-5-2)10-12-9-13(16)6-7-15(12)17/h6-7,9,11,14,18H,4-5,8,10H2,1-3H3. The lowest BCUT2D eigenvalue weighted by Gasteiger charge is -2.21. The fourth-order valence-electron chi connectivity index (χ4n) is 2.15. The molecule has 1 nitrogen and oxygen atoms in total. The van der Waals surface area contributed by atoms with E-state index in [1.165, 1.54) is 6.07 Å². The first kappa shape index (κ1) is 15.5. The quantitative estimate of drug-likeness (QED) is 0.773. The Hall–Kier alpha value is -0.600. The summed E-state index contributed by atoms with van der Waals surface area (Å²) in [7, 11) is 0. The van der Waals surface area contributed by atoms with Gasteiger partial charge in [-0.1, -0.05) is 38.8 Å². The molecular formula is C15H23ClFN. The smallest absolute Gasteiger partial charge is 0.126 e. The first-order valence-corrected chi connectivity index (χ1v) is 7.11. The van der Waals surface area contributed by atoms with Gasteiger partial charge in [0.15, 0.2) is 0 Å². The number of nitrogens with one attached hydrogen (secondary N) is 1. The molecule has 0 aliphatic heterocycles. The van der Waals surface area contributed by atoms with Crippen molar-refractivity contribution >= 4 is 11.6 Å². The van der Waals surface area contributed by atoms with Gasteiger partial charge >= 0.3 is 0 Å². The molecule has 0 saturated heterocycles. The van der Waals surface area contributed by atoms with Gasteiger partial charge in [0.05, 0.1) is 0 Å². The van der Waals surface area contributed by atoms with E-state index in [2.05, 4.69) is 26.1 Å². The number of rotatable bonds is 7. The molecule has 0 saturated carbocycles. The van der Waals surface area contributed by atoms with E-state index in [4.69, 9.17) is 11.6 Å². The van der Waals surface area contributed by atoms with E-state index in [0.29, 0.717) is 29.0 Å². The summed E-state index contributed by atoms with van der Waals surface area (Å²) in [4.78, 5) is 0. The molecule has 0 amide bonds. The van der Waals surface area contributed by atoms with Crippen LogP contribution in [0.5, 0.6) is 0 Å². The van der Waals surface area contributed by atoms with Gasteiger partial charge in [-0.15, -0.1) is 0 Å². The zero-order chi connectivity index (χ0) is 13.5. The lowest BCUT2D eigenvalue weighted by atomic mass is 9.94. The number of halogens is 2. The summed E-state index contributed by atoms with van der Waals surface area (Å²) in [6.07, 6.45) is 2.92. The molecule has 1 rings (SSSR count). The highest BCUT2D eigenvalue weighted by atomic mass is 35.5. The Bertz CT molecular complexity index is 368. The summed E-state index contributed by atoms with van der Waals surface area (Å²) in [5.41, 5.74) is 0.705. The van der Waals surface area contributed by atoms with Gasteiger partial charge in [-0.3, -0.25) is 0 Å². The van der Waals surface area contributed by atoms with Crippen LogP contribution >= 0.6 is 11.6 Å². The SMILES string of the molecule is CCNC(Cc1cc(Cl)ccc1F)CC(C)CC. The van der Waals surface area contributed by atoms with E-state index in [9.17, 15) is 4.39 Å². The van der Waals surface area contributed by atoms with E-state index in [1.807, 2.05) is 0 Å². The van der Waals surface area contributed by atoms with Gasteiger partial charge in [0.2, 0.25) is 0 Å². The third-order valence-electron chi connectivity index (χ3n) is 3.35. The summed E-state index contributed by atoms with van der Waals surface area (Å²) < 4.78 is 13.7. The number of hydrogen-bond donors (Lipinski definition) is 1. The third-order valence-corrected chi connectivity index (χ3v) is 3.59. The third kappa shape index (κ3) is 4.95. The second-order valence-corrected chi connectivity index (χ2v) is 5.38. The average molecular weight is 272 g/mol. The maximum atomic E-state index is 13.7. The van der Waals surface area contributed by atoms with Crippen LogP contribution in [-0.4, -0.2) is 12.6 Å². The van der Waals surface area contributed by atoms with Gasteiger partial charge in [0.1, 0.15) is 5.82 Å². The highest BCUT2D eigenvalue weighted by molar-refractivity contribution is 6.30. The first-order valence-electron chi connectivity index (χ1n) is 6.74. The summed E-state index contributed by atoms with van der Waals surface area (Å²) in [6, 6.07) is 5.09. The van der Waals surface area contributed by atoms with Crippen LogP contribution < -0.4 is 5.32 Å². The first-order chi connectivity index (χ1) is 8.56. The molecule has 0 aliphatic rings. The minimum Gasteiger partial charge on any atom is -0.314 e. The molecule has 1 aromatic rings. The molecule has 0 aromatic heterocycles. The molecule has 1 N–H and O–H groups in total. The Labute approximate surface area is 115 Å². The lowest BCUT2D eigenvalue weighted by molar-refractivity contribution is 0.393. The Balaban J connectivity index is 2.72. The average Bonchev–Trinajstić information content (AvgIpc) is 2.34. The molecule has 0 fully saturated rings. The maximum absolute atomic E-state index is 13.7. The minimum atomic E-state index is -0.161. The number of benzene rings is 1. The van der Waals surface area contributed by atoms with E-state index in [1.54, 1.807) is 12.1 Å². The molecular weight excluding hydrogens is 249 g/mol. The second-order valence-electron chi connectivity index (χ2n) is 4.94. The van der Waals surface area contributed by atoms with E-state index < -0.39 is 0 Å². The van der Waals surface area contributed by atoms with Crippen LogP contribution in [-0.2, 0) is 6.42 Å². The predicted molar refractivity (Wildman–Crippen MR) is 76.7 cm³/mol. The van der Waals surface area contributed by atoms with Crippen molar-refractivity contribution in [3.63, 3.8) is 0 Å². The number of likely N-dealkylation sites (N-methyl/N-ethyl adjacent to an activating group) is 1. The Morgan fingerprint density at radius 1 is 1.33 bits per heavy atom. The van der Waals surface area contributed by atoms with Crippen molar-refractivity contribution in [3.8, 4) is 0 Å². The monoisotopic (exact) mass is 271 g/mol. The van der Waals surface area contributed by atoms with Gasteiger partial charge in [0.25, 0.3) is 0 Å². The van der Waals surface area contributed by atoms with Crippen molar-refractivity contribution in [1.29, 1.82) is 0 Å². The summed E-state index contributed by atoms with van der Waals surface area (Å²) in [5, 5.41) is 4.04. The van der Waals surface area contributed by atoms with Crippen molar-refractivity contribution in [2.75, 3.05) is 6.54 Å². The predicted octanol–water partition coefficient (Wildman–Crippen LogP) is 4.44. The van der Waals surface area contributed by atoms with Crippen molar-refractivity contribution < 1.29 is 4.39 Å². The molecule has 0 bridgehead atoms. The van der Waals surface area contributed by atoms with Gasteiger partial charge < -0.3 is 5.32 Å². The van der Waals surface area contributed by atoms with Gasteiger partial charge in [0, 0.05) is 11.1 Å². The molecule has 3 heteroatoms. The molecule has 0 radical (unpaired) electrons. The van der Waals surface area contributed by atoms with Crippen LogP contribution in [0.4, 0.5) is 4.39 Å². The van der Waals surface area contributed by atoms with Gasteiger partial charge in [-0.2, -0.15) is 0 Å². The molecule has 2 atom stereocenters. The molecule has 0 heterocycles. The Morgan fingerprint density at radius 2 is 2.06 bits per heavy atom. The van der Waals surface area contributed by atoms with Crippen LogP contribution in [0, 0.1) is 11.7 Å². The lowest BCUT2D eigenvalue weighted by Crippen LogP contribution is -2.32. The normalized spacial score (nSPS) is 14.5. The molecule has 2 unspecified atom stereocenters. The molecule has 1 aromatic carbocycles. The Kier molecular flexibility index (Phi) is 6.66. The summed E-state index contributed by atoms with van der Waals surface area (Å²) in [5.74, 6) is 0.489. The van der Waals surface area contributed by atoms with E-state index in [-0.39, 0.29) is 5.82 Å². The van der Waals surface area contributed by atoms with Crippen molar-refractivity contribution in [2.45, 2.75) is 46.1 Å². The second kappa shape index (κ2) is 7.75. The Morgan fingerprint density at radius 3 is 2.67 bits per heavy atom. The highest BCUT2D eigenvalue weighted by Crippen LogP contribution is 2.19. The highest BCUT2D eigenvalue weighted by Gasteiger charge is 2.14. The van der Waals surface area contributed by atoms with Crippen LogP contribution in [0.3, 0.4) is 0 Å². The molecule has 102 valence electrons. The van der Waals surface area contributed by atoms with Crippen LogP contribution in [0.1, 0.15) is 39.2 Å². The van der Waals surface area contributed by atoms with Crippen molar-refractivity contribution in [1.82, 2.24) is 5.32 Å². The fourth-order valence-corrected chi connectivity index (χ4v) is 2.34. The minimum absolute atomic E-state index is 0.161. The van der Waals surface area contributed by atoms with Crippen LogP contribution in [0.15, 0.2) is 18.2 Å². The van der Waals surface area contributed by atoms with Crippen LogP contribution in [0.2, 0.25) is 5.02 Å². The maximum Gasteiger partial charge on any atom is 0.126 e. The topological polar surface area (TPSA) is 12.0 Å². The van der Waals surface area contributed by atoms with Gasteiger partial charge in [-0.05, 0) is 49.1 Å². The van der Waals surface area contributed by atoms with E-state index >= 15 is 0 Å². The summed E-state index contributed by atoms with van der Waals surface area (Å²) in [6.45, 7) is 7.41. The van der Waals surface area contributed by atoms with Crippen LogP contribution in [0.25, 0.3) is 0 Å². The molecule has 18 heavy (non-hydrogen) atoms. The largest absolute Gasteiger partial charge is 0.314 e. The zero-order valence-corrected chi connectivity index (χ0v) is 12.2. The summed E-state index contributed by atoms with van der Waals surface area (Å²) >= 11 is 5.92. The van der Waals surface area contributed by atoms with Crippen molar-refractivity contribution in [3.05, 3.63) is 34.6 Å². The number of hydrogen-bond acceptors (Lipinski definition) is 1. The van der Waals surface area contributed by atoms with E-state index in [0.717, 1.165) is 19.4 Å². The molecule has 0 spiro atoms. The van der Waals surface area contributed by atoms with Gasteiger partial charge in [-0.25, -0.2) is 4.39 Å². The van der Waals surface area contributed by atoms with Crippen molar-refractivity contribution in [2.24, 2.45) is 5.92 Å². The fraction of sp³-hybridized carbons (Fsp3) is 0.600.